The van der Waals surface area contributed by atoms with Gasteiger partial charge in [-0.15, -0.1) is 11.3 Å². The Morgan fingerprint density at radius 2 is 1.74 bits per heavy atom. The lowest BCUT2D eigenvalue weighted by molar-refractivity contribution is 0.884. The van der Waals surface area contributed by atoms with Crippen LogP contribution < -0.4 is 5.32 Å². The van der Waals surface area contributed by atoms with E-state index in [4.69, 9.17) is 0 Å². The van der Waals surface area contributed by atoms with E-state index in [1.165, 1.54) is 5.56 Å². The molecule has 0 spiro atoms. The predicted octanol–water partition coefficient (Wildman–Crippen LogP) is 3.74. The van der Waals surface area contributed by atoms with Crippen LogP contribution in [0.1, 0.15) is 17.3 Å². The minimum absolute atomic E-state index is 0.0218. The summed E-state index contributed by atoms with van der Waals surface area (Å²) in [4.78, 5) is 8.74. The minimum atomic E-state index is 0.0218. The number of pyridine rings is 1. The Morgan fingerprint density at radius 3 is 2.42 bits per heavy atom. The third-order valence-electron chi connectivity index (χ3n) is 2.82. The molecule has 0 saturated heterocycles. The Bertz CT molecular complexity index is 569. The van der Waals surface area contributed by atoms with E-state index in [1.54, 1.807) is 17.5 Å². The summed E-state index contributed by atoms with van der Waals surface area (Å²) in [6.07, 6.45) is 3.61. The summed E-state index contributed by atoms with van der Waals surface area (Å²) in [5, 5.41) is 6.30. The average molecular weight is 267 g/mol. The highest BCUT2D eigenvalue weighted by Gasteiger charge is 2.15. The van der Waals surface area contributed by atoms with Gasteiger partial charge in [0.2, 0.25) is 0 Å². The molecule has 0 bridgehead atoms. The van der Waals surface area contributed by atoms with Crippen molar-refractivity contribution in [1.82, 2.24) is 9.97 Å². The van der Waals surface area contributed by atoms with E-state index in [1.807, 2.05) is 48.0 Å². The second-order valence-corrected chi connectivity index (χ2v) is 4.97. The standard InChI is InChI=1S/C15H13N3S/c1-2-6-12(7-3-1)14(13-8-4-5-9-16-13)18-15-17-10-11-19-15/h1-11,14H,(H,17,18). The zero-order valence-electron chi connectivity index (χ0n) is 10.2. The van der Waals surface area contributed by atoms with E-state index < -0.39 is 0 Å². The number of hydrogen-bond donors (Lipinski definition) is 1. The number of anilines is 1. The van der Waals surface area contributed by atoms with Gasteiger partial charge in [-0.1, -0.05) is 36.4 Å². The Morgan fingerprint density at radius 1 is 0.895 bits per heavy atom. The van der Waals surface area contributed by atoms with Gasteiger partial charge in [-0.2, -0.15) is 0 Å². The first-order chi connectivity index (χ1) is 9.43. The molecule has 2 aromatic heterocycles. The van der Waals surface area contributed by atoms with Crippen LogP contribution in [0.25, 0.3) is 0 Å². The van der Waals surface area contributed by atoms with Crippen molar-refractivity contribution in [1.29, 1.82) is 0 Å². The van der Waals surface area contributed by atoms with Crippen LogP contribution in [0.15, 0.2) is 66.3 Å². The number of hydrogen-bond acceptors (Lipinski definition) is 4. The van der Waals surface area contributed by atoms with Crippen LogP contribution in [0.2, 0.25) is 0 Å². The summed E-state index contributed by atoms with van der Waals surface area (Å²) in [7, 11) is 0. The van der Waals surface area contributed by atoms with Crippen molar-refractivity contribution >= 4 is 16.5 Å². The number of nitrogens with zero attached hydrogens (tertiary/aromatic N) is 2. The van der Waals surface area contributed by atoms with E-state index in [0.29, 0.717) is 0 Å². The van der Waals surface area contributed by atoms with Gasteiger partial charge in [0, 0.05) is 17.8 Å². The average Bonchev–Trinajstić information content (AvgIpc) is 3.00. The van der Waals surface area contributed by atoms with Crippen molar-refractivity contribution in [2.45, 2.75) is 6.04 Å². The van der Waals surface area contributed by atoms with Crippen molar-refractivity contribution in [2.24, 2.45) is 0 Å². The topological polar surface area (TPSA) is 37.8 Å². The van der Waals surface area contributed by atoms with Crippen LogP contribution in [-0.4, -0.2) is 9.97 Å². The molecule has 0 fully saturated rings. The van der Waals surface area contributed by atoms with Gasteiger partial charge >= 0.3 is 0 Å². The zero-order valence-corrected chi connectivity index (χ0v) is 11.0. The quantitative estimate of drug-likeness (QED) is 0.782. The van der Waals surface area contributed by atoms with Gasteiger partial charge in [0.25, 0.3) is 0 Å². The lowest BCUT2D eigenvalue weighted by atomic mass is 10.0. The minimum Gasteiger partial charge on any atom is -0.349 e. The van der Waals surface area contributed by atoms with Gasteiger partial charge < -0.3 is 5.32 Å². The molecular weight excluding hydrogens is 254 g/mol. The number of rotatable bonds is 4. The van der Waals surface area contributed by atoms with Crippen LogP contribution in [0.3, 0.4) is 0 Å². The molecule has 0 amide bonds. The molecular formula is C15H13N3S. The highest BCUT2D eigenvalue weighted by molar-refractivity contribution is 7.13. The summed E-state index contributed by atoms with van der Waals surface area (Å²) in [5.41, 5.74) is 2.17. The zero-order chi connectivity index (χ0) is 12.9. The van der Waals surface area contributed by atoms with E-state index in [-0.39, 0.29) is 6.04 Å². The summed E-state index contributed by atoms with van der Waals surface area (Å²) < 4.78 is 0. The summed E-state index contributed by atoms with van der Waals surface area (Å²) in [6, 6.07) is 16.3. The molecule has 3 nitrogen and oxygen atoms in total. The van der Waals surface area contributed by atoms with Gasteiger partial charge in [0.1, 0.15) is 0 Å². The lowest BCUT2D eigenvalue weighted by Gasteiger charge is -2.18. The summed E-state index contributed by atoms with van der Waals surface area (Å²) in [6.45, 7) is 0. The van der Waals surface area contributed by atoms with Gasteiger partial charge in [0.05, 0.1) is 11.7 Å². The highest BCUT2D eigenvalue weighted by atomic mass is 32.1. The second kappa shape index (κ2) is 5.63. The first-order valence-electron chi connectivity index (χ1n) is 6.05. The molecule has 0 aliphatic carbocycles. The van der Waals surface area contributed by atoms with Crippen molar-refractivity contribution < 1.29 is 0 Å². The van der Waals surface area contributed by atoms with E-state index >= 15 is 0 Å². The maximum atomic E-state index is 4.45. The molecule has 2 heterocycles. The molecule has 1 atom stereocenters. The number of benzene rings is 1. The van der Waals surface area contributed by atoms with Gasteiger partial charge in [0.15, 0.2) is 5.13 Å². The molecule has 0 radical (unpaired) electrons. The number of aromatic nitrogens is 2. The molecule has 1 aromatic carbocycles. The molecule has 0 saturated carbocycles. The second-order valence-electron chi connectivity index (χ2n) is 4.08. The van der Waals surface area contributed by atoms with Crippen LogP contribution in [0.5, 0.6) is 0 Å². The Balaban J connectivity index is 1.96. The van der Waals surface area contributed by atoms with Gasteiger partial charge in [-0.25, -0.2) is 4.98 Å². The lowest BCUT2D eigenvalue weighted by Crippen LogP contribution is -2.13. The third-order valence-corrected chi connectivity index (χ3v) is 3.52. The molecule has 1 unspecified atom stereocenters. The van der Waals surface area contributed by atoms with Crippen LogP contribution >= 0.6 is 11.3 Å². The van der Waals surface area contributed by atoms with E-state index in [9.17, 15) is 0 Å². The van der Waals surface area contributed by atoms with Crippen molar-refractivity contribution in [3.8, 4) is 0 Å². The van der Waals surface area contributed by atoms with Crippen molar-refractivity contribution in [2.75, 3.05) is 5.32 Å². The fraction of sp³-hybridized carbons (Fsp3) is 0.0667. The first kappa shape index (κ1) is 11.9. The maximum Gasteiger partial charge on any atom is 0.183 e. The smallest absolute Gasteiger partial charge is 0.183 e. The Labute approximate surface area is 116 Å². The van der Waals surface area contributed by atoms with Crippen molar-refractivity contribution in [3.05, 3.63) is 77.6 Å². The molecule has 19 heavy (non-hydrogen) atoms. The van der Waals surface area contributed by atoms with E-state index in [0.717, 1.165) is 10.8 Å². The summed E-state index contributed by atoms with van der Waals surface area (Å²) >= 11 is 1.59. The third kappa shape index (κ3) is 2.80. The fourth-order valence-corrected chi connectivity index (χ4v) is 2.50. The highest BCUT2D eigenvalue weighted by Crippen LogP contribution is 2.25. The van der Waals surface area contributed by atoms with Crippen molar-refractivity contribution in [3.63, 3.8) is 0 Å². The van der Waals surface area contributed by atoms with Crippen LogP contribution in [0.4, 0.5) is 5.13 Å². The number of thiazole rings is 1. The molecule has 3 rings (SSSR count). The molecule has 1 N–H and O–H groups in total. The van der Waals surface area contributed by atoms with Crippen LogP contribution in [-0.2, 0) is 0 Å². The largest absolute Gasteiger partial charge is 0.349 e. The normalized spacial score (nSPS) is 12.0. The Kier molecular flexibility index (Phi) is 3.51. The molecule has 0 aliphatic rings. The van der Waals surface area contributed by atoms with Crippen LogP contribution in [0, 0.1) is 0 Å². The number of nitrogens with one attached hydrogen (secondary N) is 1. The van der Waals surface area contributed by atoms with E-state index in [2.05, 4.69) is 27.4 Å². The summed E-state index contributed by atoms with van der Waals surface area (Å²) in [5.74, 6) is 0. The SMILES string of the molecule is c1ccc(C(Nc2nccs2)c2ccccn2)cc1. The maximum absolute atomic E-state index is 4.45. The monoisotopic (exact) mass is 267 g/mol. The molecule has 0 aliphatic heterocycles. The first-order valence-corrected chi connectivity index (χ1v) is 6.93. The van der Waals surface area contributed by atoms with Gasteiger partial charge in [-0.05, 0) is 17.7 Å². The Hall–Kier alpha value is -2.20. The predicted molar refractivity (Wildman–Crippen MR) is 78.3 cm³/mol. The molecule has 94 valence electrons. The fourth-order valence-electron chi connectivity index (χ4n) is 1.94. The molecule has 3 aromatic rings. The molecule has 4 heteroatoms. The van der Waals surface area contributed by atoms with Gasteiger partial charge in [-0.3, -0.25) is 4.98 Å².